The second kappa shape index (κ2) is 3.91. The molecule has 0 aliphatic rings. The lowest BCUT2D eigenvalue weighted by atomic mass is 10.1. The van der Waals surface area contributed by atoms with Gasteiger partial charge in [-0.1, -0.05) is 36.4 Å². The van der Waals surface area contributed by atoms with Crippen LogP contribution in [0.25, 0.3) is 10.8 Å². The molecule has 0 spiro atoms. The summed E-state index contributed by atoms with van der Waals surface area (Å²) in [6.07, 6.45) is 0. The molecule has 0 fully saturated rings. The maximum Gasteiger partial charge on any atom is 0.326 e. The minimum atomic E-state index is -1.02. The molecule has 0 aliphatic heterocycles. The topological polar surface area (TPSA) is 37.3 Å². The van der Waals surface area contributed by atoms with Crippen LogP contribution in [0.5, 0.6) is 0 Å². The average Bonchev–Trinajstić information content (AvgIpc) is 2.27. The first kappa shape index (κ1) is 9.99. The molecule has 1 atom stereocenters. The lowest BCUT2D eigenvalue weighted by Crippen LogP contribution is -2.04. The van der Waals surface area contributed by atoms with Crippen LogP contribution in [0.4, 0.5) is 0 Å². The van der Waals surface area contributed by atoms with Crippen molar-refractivity contribution in [2.24, 2.45) is 0 Å². The number of hydrogen-bond acceptors (Lipinski definition) is 1. The molecular weight excluding hydrogens is 212 g/mol. The number of halogens is 1. The molecule has 0 heterocycles. The Hall–Kier alpha value is -1.54. The molecule has 3 heteroatoms. The van der Waals surface area contributed by atoms with Crippen LogP contribution in [0.2, 0.25) is 0 Å². The van der Waals surface area contributed by atoms with E-state index in [-0.39, 0.29) is 0 Å². The van der Waals surface area contributed by atoms with Crippen LogP contribution in [0, 0.1) is 0 Å². The highest BCUT2D eigenvalue weighted by molar-refractivity contribution is 6.29. The Kier molecular flexibility index (Phi) is 2.60. The number of carboxylic acid groups (broad SMARTS) is 1. The molecule has 2 aromatic rings. The number of rotatable bonds is 2. The predicted molar refractivity (Wildman–Crippen MR) is 60.2 cm³/mol. The van der Waals surface area contributed by atoms with Crippen LogP contribution in [0.1, 0.15) is 10.9 Å². The second-order valence-electron chi connectivity index (χ2n) is 3.31. The zero-order valence-corrected chi connectivity index (χ0v) is 8.61. The molecule has 2 aromatic carbocycles. The van der Waals surface area contributed by atoms with Crippen molar-refractivity contribution >= 4 is 28.3 Å². The Bertz CT molecular complexity index is 508. The summed E-state index contributed by atoms with van der Waals surface area (Å²) >= 11 is 5.74. The van der Waals surface area contributed by atoms with Crippen LogP contribution < -0.4 is 0 Å². The summed E-state index contributed by atoms with van der Waals surface area (Å²) in [5.74, 6) is -1.02. The van der Waals surface area contributed by atoms with Crippen molar-refractivity contribution in [2.75, 3.05) is 0 Å². The number of benzene rings is 2. The van der Waals surface area contributed by atoms with Gasteiger partial charge in [0.15, 0.2) is 5.38 Å². The van der Waals surface area contributed by atoms with Crippen molar-refractivity contribution in [3.05, 3.63) is 48.0 Å². The van der Waals surface area contributed by atoms with Gasteiger partial charge in [-0.2, -0.15) is 0 Å². The normalized spacial score (nSPS) is 12.6. The van der Waals surface area contributed by atoms with E-state index in [9.17, 15) is 4.79 Å². The number of carboxylic acids is 1. The zero-order chi connectivity index (χ0) is 10.8. The fourth-order valence-electron chi connectivity index (χ4n) is 1.51. The van der Waals surface area contributed by atoms with Gasteiger partial charge in [0.25, 0.3) is 0 Å². The number of hydrogen-bond donors (Lipinski definition) is 1. The van der Waals surface area contributed by atoms with E-state index in [1.165, 1.54) is 0 Å². The van der Waals surface area contributed by atoms with Gasteiger partial charge in [0, 0.05) is 0 Å². The first-order chi connectivity index (χ1) is 7.18. The van der Waals surface area contributed by atoms with E-state index in [0.717, 1.165) is 10.8 Å². The van der Waals surface area contributed by atoms with Crippen LogP contribution >= 0.6 is 11.6 Å². The summed E-state index contributed by atoms with van der Waals surface area (Å²) in [4.78, 5) is 10.7. The molecule has 76 valence electrons. The van der Waals surface area contributed by atoms with Gasteiger partial charge in [-0.3, -0.25) is 4.79 Å². The van der Waals surface area contributed by atoms with E-state index in [0.29, 0.717) is 5.56 Å². The van der Waals surface area contributed by atoms with Crippen LogP contribution in [0.3, 0.4) is 0 Å². The Balaban J connectivity index is 2.51. The predicted octanol–water partition coefficient (Wildman–Crippen LogP) is 3.20. The molecule has 0 aliphatic carbocycles. The number of alkyl halides is 1. The molecule has 15 heavy (non-hydrogen) atoms. The smallest absolute Gasteiger partial charge is 0.326 e. The molecule has 2 rings (SSSR count). The van der Waals surface area contributed by atoms with Crippen molar-refractivity contribution in [3.8, 4) is 0 Å². The van der Waals surface area contributed by atoms with E-state index in [4.69, 9.17) is 16.7 Å². The van der Waals surface area contributed by atoms with Gasteiger partial charge in [-0.05, 0) is 22.4 Å². The molecule has 0 bridgehead atoms. The molecular formula is C12H9ClO2. The summed E-state index contributed by atoms with van der Waals surface area (Å²) in [6, 6.07) is 13.2. The Morgan fingerprint density at radius 1 is 1.13 bits per heavy atom. The van der Waals surface area contributed by atoms with Crippen molar-refractivity contribution in [1.82, 2.24) is 0 Å². The summed E-state index contributed by atoms with van der Waals surface area (Å²) in [5.41, 5.74) is 0.614. The minimum absolute atomic E-state index is 0.614. The molecule has 0 saturated carbocycles. The van der Waals surface area contributed by atoms with Gasteiger partial charge < -0.3 is 5.11 Å². The SMILES string of the molecule is O=C(O)C(Cl)c1ccc2ccccc2c1. The van der Waals surface area contributed by atoms with Gasteiger partial charge >= 0.3 is 5.97 Å². The van der Waals surface area contributed by atoms with Crippen LogP contribution in [-0.2, 0) is 4.79 Å². The standard InChI is InChI=1S/C12H9ClO2/c13-11(12(14)15)10-6-5-8-3-1-2-4-9(8)7-10/h1-7,11H,(H,14,15). The first-order valence-corrected chi connectivity index (χ1v) is 4.98. The maximum absolute atomic E-state index is 10.7. The van der Waals surface area contributed by atoms with E-state index in [1.807, 2.05) is 30.3 Å². The maximum atomic E-state index is 10.7. The zero-order valence-electron chi connectivity index (χ0n) is 7.85. The number of aliphatic carboxylic acids is 1. The van der Waals surface area contributed by atoms with E-state index in [2.05, 4.69) is 0 Å². The van der Waals surface area contributed by atoms with Gasteiger partial charge in [-0.15, -0.1) is 11.6 Å². The Morgan fingerprint density at radius 3 is 2.47 bits per heavy atom. The third-order valence-electron chi connectivity index (χ3n) is 2.28. The van der Waals surface area contributed by atoms with Crippen molar-refractivity contribution < 1.29 is 9.90 Å². The summed E-state index contributed by atoms with van der Waals surface area (Å²) < 4.78 is 0. The molecule has 0 aromatic heterocycles. The van der Waals surface area contributed by atoms with Crippen molar-refractivity contribution in [2.45, 2.75) is 5.38 Å². The van der Waals surface area contributed by atoms with Crippen LogP contribution in [-0.4, -0.2) is 11.1 Å². The van der Waals surface area contributed by atoms with Gasteiger partial charge in [-0.25, -0.2) is 0 Å². The molecule has 0 saturated heterocycles. The van der Waals surface area contributed by atoms with Crippen LogP contribution in [0.15, 0.2) is 42.5 Å². The molecule has 2 nitrogen and oxygen atoms in total. The molecule has 0 amide bonds. The molecule has 1 N–H and O–H groups in total. The van der Waals surface area contributed by atoms with Gasteiger partial charge in [0.05, 0.1) is 0 Å². The summed E-state index contributed by atoms with van der Waals surface area (Å²) in [5, 5.41) is 9.88. The first-order valence-electron chi connectivity index (χ1n) is 4.54. The highest BCUT2D eigenvalue weighted by atomic mass is 35.5. The Labute approximate surface area is 92.1 Å². The summed E-state index contributed by atoms with van der Waals surface area (Å²) in [6.45, 7) is 0. The number of fused-ring (bicyclic) bond motifs is 1. The minimum Gasteiger partial charge on any atom is -0.480 e. The number of carbonyl (C=O) groups is 1. The average molecular weight is 221 g/mol. The fourth-order valence-corrected chi connectivity index (χ4v) is 1.64. The van der Waals surface area contributed by atoms with Crippen molar-refractivity contribution in [3.63, 3.8) is 0 Å². The lowest BCUT2D eigenvalue weighted by Gasteiger charge is -2.05. The monoisotopic (exact) mass is 220 g/mol. The van der Waals surface area contributed by atoms with Gasteiger partial charge in [0.1, 0.15) is 0 Å². The summed E-state index contributed by atoms with van der Waals surface area (Å²) in [7, 11) is 0. The van der Waals surface area contributed by atoms with E-state index < -0.39 is 11.3 Å². The largest absolute Gasteiger partial charge is 0.480 e. The van der Waals surface area contributed by atoms with E-state index >= 15 is 0 Å². The third-order valence-corrected chi connectivity index (χ3v) is 2.72. The Morgan fingerprint density at radius 2 is 1.80 bits per heavy atom. The third kappa shape index (κ3) is 1.95. The molecule has 1 unspecified atom stereocenters. The quantitative estimate of drug-likeness (QED) is 0.790. The van der Waals surface area contributed by atoms with Gasteiger partial charge in [0.2, 0.25) is 0 Å². The highest BCUT2D eigenvalue weighted by Gasteiger charge is 2.15. The van der Waals surface area contributed by atoms with Crippen molar-refractivity contribution in [1.29, 1.82) is 0 Å². The highest BCUT2D eigenvalue weighted by Crippen LogP contribution is 2.24. The van der Waals surface area contributed by atoms with E-state index in [1.54, 1.807) is 12.1 Å². The lowest BCUT2D eigenvalue weighted by molar-refractivity contribution is -0.136. The second-order valence-corrected chi connectivity index (χ2v) is 3.74. The molecule has 0 radical (unpaired) electrons. The fraction of sp³-hybridized carbons (Fsp3) is 0.0833.